The number of hydrogen-bond acceptors (Lipinski definition) is 2. The molecule has 0 heterocycles. The molecular formula is C11H13NO. The van der Waals surface area contributed by atoms with Crippen LogP contribution in [0.2, 0.25) is 0 Å². The number of allylic oxidation sites excluding steroid dienone is 1. The van der Waals surface area contributed by atoms with Crippen molar-refractivity contribution < 1.29 is 4.79 Å². The maximum absolute atomic E-state index is 10.7. The van der Waals surface area contributed by atoms with Crippen LogP contribution in [-0.2, 0) is 4.79 Å². The Hall–Kier alpha value is -1.57. The predicted octanol–water partition coefficient (Wildman–Crippen LogP) is 2.33. The van der Waals surface area contributed by atoms with Gasteiger partial charge in [0.25, 0.3) is 0 Å². The average Bonchev–Trinajstić information content (AvgIpc) is 2.15. The number of hydrogen-bond donors (Lipinski definition) is 1. The highest BCUT2D eigenvalue weighted by atomic mass is 16.1. The van der Waals surface area contributed by atoms with E-state index in [0.29, 0.717) is 0 Å². The highest BCUT2D eigenvalue weighted by molar-refractivity contribution is 5.92. The number of rotatable bonds is 3. The Bertz CT molecular complexity index is 329. The second-order valence-corrected chi connectivity index (χ2v) is 2.78. The van der Waals surface area contributed by atoms with Crippen LogP contribution in [-0.4, -0.2) is 12.8 Å². The van der Waals surface area contributed by atoms with E-state index >= 15 is 0 Å². The van der Waals surface area contributed by atoms with E-state index in [9.17, 15) is 4.79 Å². The molecule has 0 aliphatic carbocycles. The predicted molar refractivity (Wildman–Crippen MR) is 55.7 cm³/mol. The number of ketones is 1. The lowest BCUT2D eigenvalue weighted by Crippen LogP contribution is -1.90. The number of benzene rings is 1. The Kier molecular flexibility index (Phi) is 3.26. The fourth-order valence-corrected chi connectivity index (χ4v) is 1.08. The topological polar surface area (TPSA) is 29.1 Å². The number of carbonyl (C=O) groups is 1. The minimum absolute atomic E-state index is 0.0610. The van der Waals surface area contributed by atoms with Gasteiger partial charge in [0.15, 0.2) is 5.78 Å². The molecule has 0 atom stereocenters. The van der Waals surface area contributed by atoms with Crippen molar-refractivity contribution in [1.29, 1.82) is 0 Å². The Balaban J connectivity index is 2.93. The SMILES string of the molecule is CNc1ccccc1C=CC(C)=O. The maximum atomic E-state index is 10.7. The Labute approximate surface area is 78.3 Å². The summed E-state index contributed by atoms with van der Waals surface area (Å²) in [6.45, 7) is 1.54. The van der Waals surface area contributed by atoms with Gasteiger partial charge in [-0.2, -0.15) is 0 Å². The minimum atomic E-state index is 0.0610. The molecule has 0 saturated heterocycles. The van der Waals surface area contributed by atoms with Gasteiger partial charge in [0.2, 0.25) is 0 Å². The highest BCUT2D eigenvalue weighted by Crippen LogP contribution is 2.15. The Morgan fingerprint density at radius 2 is 2.08 bits per heavy atom. The molecular weight excluding hydrogens is 162 g/mol. The molecule has 1 N–H and O–H groups in total. The first-order chi connectivity index (χ1) is 6.24. The Morgan fingerprint density at radius 3 is 2.69 bits per heavy atom. The van der Waals surface area contributed by atoms with E-state index < -0.39 is 0 Å². The lowest BCUT2D eigenvalue weighted by atomic mass is 10.1. The van der Waals surface area contributed by atoms with Crippen molar-refractivity contribution in [2.24, 2.45) is 0 Å². The molecule has 0 radical (unpaired) electrons. The summed E-state index contributed by atoms with van der Waals surface area (Å²) >= 11 is 0. The van der Waals surface area contributed by atoms with Crippen molar-refractivity contribution >= 4 is 17.5 Å². The summed E-state index contributed by atoms with van der Waals surface area (Å²) in [4.78, 5) is 10.7. The second kappa shape index (κ2) is 4.45. The number of anilines is 1. The lowest BCUT2D eigenvalue weighted by Gasteiger charge is -2.03. The molecule has 0 aromatic heterocycles. The first-order valence-electron chi connectivity index (χ1n) is 4.19. The van der Waals surface area contributed by atoms with Crippen LogP contribution in [0.3, 0.4) is 0 Å². The van der Waals surface area contributed by atoms with E-state index in [4.69, 9.17) is 0 Å². The summed E-state index contributed by atoms with van der Waals surface area (Å²) in [6, 6.07) is 7.84. The van der Waals surface area contributed by atoms with Crippen molar-refractivity contribution in [3.8, 4) is 0 Å². The van der Waals surface area contributed by atoms with Gasteiger partial charge in [-0.3, -0.25) is 4.79 Å². The molecule has 0 amide bonds. The molecule has 0 spiro atoms. The van der Waals surface area contributed by atoms with Gasteiger partial charge in [0, 0.05) is 12.7 Å². The standard InChI is InChI=1S/C11H13NO/c1-9(13)7-8-10-5-3-4-6-11(10)12-2/h3-8,12H,1-2H3. The molecule has 0 aliphatic heterocycles. The van der Waals surface area contributed by atoms with Gasteiger partial charge >= 0.3 is 0 Å². The fraction of sp³-hybridized carbons (Fsp3) is 0.182. The third-order valence-electron chi connectivity index (χ3n) is 1.73. The number of carbonyl (C=O) groups excluding carboxylic acids is 1. The van der Waals surface area contributed by atoms with Gasteiger partial charge in [0.1, 0.15) is 0 Å². The average molecular weight is 175 g/mol. The molecule has 0 unspecified atom stereocenters. The summed E-state index contributed by atoms with van der Waals surface area (Å²) < 4.78 is 0. The van der Waals surface area contributed by atoms with Crippen LogP contribution < -0.4 is 5.32 Å². The molecule has 13 heavy (non-hydrogen) atoms. The summed E-state index contributed by atoms with van der Waals surface area (Å²) in [7, 11) is 1.86. The van der Waals surface area contributed by atoms with Crippen LogP contribution in [0.4, 0.5) is 5.69 Å². The molecule has 0 aliphatic rings. The van der Waals surface area contributed by atoms with Crippen LogP contribution in [0.1, 0.15) is 12.5 Å². The molecule has 0 fully saturated rings. The van der Waals surface area contributed by atoms with Crippen LogP contribution >= 0.6 is 0 Å². The van der Waals surface area contributed by atoms with Crippen molar-refractivity contribution in [1.82, 2.24) is 0 Å². The molecule has 1 rings (SSSR count). The first-order valence-corrected chi connectivity index (χ1v) is 4.19. The van der Waals surface area contributed by atoms with E-state index in [1.807, 2.05) is 37.4 Å². The minimum Gasteiger partial charge on any atom is -0.388 e. The van der Waals surface area contributed by atoms with E-state index in [1.54, 1.807) is 13.0 Å². The van der Waals surface area contributed by atoms with Crippen molar-refractivity contribution in [2.45, 2.75) is 6.92 Å². The van der Waals surface area contributed by atoms with Gasteiger partial charge in [-0.15, -0.1) is 0 Å². The molecule has 0 bridgehead atoms. The van der Waals surface area contributed by atoms with E-state index in [0.717, 1.165) is 11.3 Å². The third kappa shape index (κ3) is 2.75. The number of para-hydroxylation sites is 1. The molecule has 1 aromatic carbocycles. The van der Waals surface area contributed by atoms with Gasteiger partial charge in [-0.05, 0) is 30.7 Å². The number of nitrogens with one attached hydrogen (secondary N) is 1. The molecule has 1 aromatic rings. The van der Waals surface area contributed by atoms with Gasteiger partial charge in [0.05, 0.1) is 0 Å². The summed E-state index contributed by atoms with van der Waals surface area (Å²) in [5.41, 5.74) is 2.06. The molecule has 0 saturated carbocycles. The summed E-state index contributed by atoms with van der Waals surface area (Å²) in [6.07, 6.45) is 3.38. The lowest BCUT2D eigenvalue weighted by molar-refractivity contribution is -0.112. The summed E-state index contributed by atoms with van der Waals surface area (Å²) in [5.74, 6) is 0.0610. The van der Waals surface area contributed by atoms with E-state index in [1.165, 1.54) is 0 Å². The van der Waals surface area contributed by atoms with E-state index in [-0.39, 0.29) is 5.78 Å². The normalized spacial score (nSPS) is 10.3. The Morgan fingerprint density at radius 1 is 1.38 bits per heavy atom. The third-order valence-corrected chi connectivity index (χ3v) is 1.73. The van der Waals surface area contributed by atoms with Gasteiger partial charge in [-0.25, -0.2) is 0 Å². The quantitative estimate of drug-likeness (QED) is 0.714. The van der Waals surface area contributed by atoms with E-state index in [2.05, 4.69) is 5.32 Å². The zero-order valence-corrected chi connectivity index (χ0v) is 7.87. The van der Waals surface area contributed by atoms with Crippen molar-refractivity contribution in [3.05, 3.63) is 35.9 Å². The smallest absolute Gasteiger partial charge is 0.152 e. The van der Waals surface area contributed by atoms with Crippen LogP contribution in [0.25, 0.3) is 6.08 Å². The molecule has 68 valence electrons. The zero-order chi connectivity index (χ0) is 9.68. The maximum Gasteiger partial charge on any atom is 0.152 e. The van der Waals surface area contributed by atoms with Gasteiger partial charge < -0.3 is 5.32 Å². The second-order valence-electron chi connectivity index (χ2n) is 2.78. The van der Waals surface area contributed by atoms with Gasteiger partial charge in [-0.1, -0.05) is 18.2 Å². The largest absolute Gasteiger partial charge is 0.388 e. The summed E-state index contributed by atoms with van der Waals surface area (Å²) in [5, 5.41) is 3.06. The fourth-order valence-electron chi connectivity index (χ4n) is 1.08. The van der Waals surface area contributed by atoms with Crippen LogP contribution in [0, 0.1) is 0 Å². The van der Waals surface area contributed by atoms with Crippen LogP contribution in [0.5, 0.6) is 0 Å². The van der Waals surface area contributed by atoms with Crippen LogP contribution in [0.15, 0.2) is 30.3 Å². The zero-order valence-electron chi connectivity index (χ0n) is 7.87. The van der Waals surface area contributed by atoms with Crippen molar-refractivity contribution in [2.75, 3.05) is 12.4 Å². The molecule has 2 nitrogen and oxygen atoms in total. The van der Waals surface area contributed by atoms with Crippen molar-refractivity contribution in [3.63, 3.8) is 0 Å². The first kappa shape index (κ1) is 9.52. The monoisotopic (exact) mass is 175 g/mol. The highest BCUT2D eigenvalue weighted by Gasteiger charge is 1.94. The molecule has 2 heteroatoms.